The van der Waals surface area contributed by atoms with E-state index in [1.165, 1.54) is 115 Å². The van der Waals surface area contributed by atoms with Crippen molar-refractivity contribution in [2.24, 2.45) is 29.1 Å². The van der Waals surface area contributed by atoms with Gasteiger partial charge < -0.3 is 4.90 Å². The first-order valence-corrected chi connectivity index (χ1v) is 23.5. The van der Waals surface area contributed by atoms with Crippen molar-refractivity contribution in [3.8, 4) is 0 Å². The van der Waals surface area contributed by atoms with Gasteiger partial charge in [0.1, 0.15) is 0 Å². The van der Waals surface area contributed by atoms with E-state index in [-0.39, 0.29) is 5.41 Å². The maximum atomic E-state index is 2.88. The second kappa shape index (κ2) is 15.0. The van der Waals surface area contributed by atoms with Crippen LogP contribution in [0.5, 0.6) is 0 Å². The molecule has 284 valence electrons. The highest BCUT2D eigenvalue weighted by Crippen LogP contribution is 2.59. The van der Waals surface area contributed by atoms with Crippen LogP contribution in [0, 0.1) is 36.0 Å². The Kier molecular flexibility index (Phi) is 9.87. The van der Waals surface area contributed by atoms with Crippen LogP contribution in [0.2, 0.25) is 0 Å². The van der Waals surface area contributed by atoms with Gasteiger partial charge in [-0.2, -0.15) is 0 Å². The zero-order valence-corrected chi connectivity index (χ0v) is 34.9. The molecule has 2 aromatic rings. The lowest BCUT2D eigenvalue weighted by Gasteiger charge is -2.40. The quantitative estimate of drug-likeness (QED) is 0.289. The van der Waals surface area contributed by atoms with Crippen molar-refractivity contribution in [3.05, 3.63) is 147 Å². The molecular weight excluding hydrogens is 703 g/mol. The number of hydrogen-bond acceptors (Lipinski definition) is 3. The molecule has 2 fully saturated rings. The molecule has 7 atom stereocenters. The number of fused-ring (bicyclic) bond motifs is 5. The van der Waals surface area contributed by atoms with Gasteiger partial charge in [0, 0.05) is 37.6 Å². The lowest BCUT2D eigenvalue weighted by molar-refractivity contribution is 0.227. The predicted molar refractivity (Wildman–Crippen MR) is 236 cm³/mol. The third kappa shape index (κ3) is 6.39. The van der Waals surface area contributed by atoms with Crippen LogP contribution in [0.25, 0.3) is 5.57 Å². The largest absolute Gasteiger partial charge is 0.360 e. The average molecular weight is 762 g/mol. The molecule has 0 aromatic heterocycles. The van der Waals surface area contributed by atoms with Gasteiger partial charge in [-0.15, -0.1) is 0 Å². The van der Waals surface area contributed by atoms with E-state index in [1.807, 2.05) is 11.8 Å². The van der Waals surface area contributed by atoms with E-state index >= 15 is 0 Å². The third-order valence-corrected chi connectivity index (χ3v) is 17.5. The summed E-state index contributed by atoms with van der Waals surface area (Å²) in [5, 5.41) is 0. The molecule has 0 radical (unpaired) electrons. The van der Waals surface area contributed by atoms with Crippen molar-refractivity contribution < 1.29 is 0 Å². The first-order chi connectivity index (χ1) is 27.0. The van der Waals surface area contributed by atoms with E-state index in [4.69, 9.17) is 0 Å². The standard InChI is InChI=1S/C52H59NS2/c1-34-16-13-19-38(32-34)53-49-28-11-12-31-52(49,3)44-24-14-23-40(51(44)53)39-22-15-27-45(35(39)2)54-48-30-29-37(36-17-5-4-6-18-36)33-43(48)50-41-20-7-9-25-46(41)55-47-26-10-8-21-42(47)50/h7,9,11-12,14-15,20-28,31-32,34,36-37,44,49-51H,4-6,8,10,13,16-19,29-30,33H2,1-3H3/t34-,37+,44?,49+,50?,51?,52?/m1/s1. The summed E-state index contributed by atoms with van der Waals surface area (Å²) >= 11 is 4.16. The Balaban J connectivity index is 1.05. The number of thioether (sulfide) groups is 2. The molecule has 0 amide bonds. The van der Waals surface area contributed by atoms with Gasteiger partial charge in [0.15, 0.2) is 0 Å². The van der Waals surface area contributed by atoms with Gasteiger partial charge in [-0.1, -0.05) is 161 Å². The maximum absolute atomic E-state index is 2.88. The van der Waals surface area contributed by atoms with Crippen LogP contribution in [0.3, 0.4) is 0 Å². The lowest BCUT2D eigenvalue weighted by Crippen LogP contribution is -2.40. The summed E-state index contributed by atoms with van der Waals surface area (Å²) < 4.78 is 0. The molecule has 0 bridgehead atoms. The summed E-state index contributed by atoms with van der Waals surface area (Å²) in [6.07, 6.45) is 42.0. The fraction of sp³-hybridized carbons (Fsp3) is 0.462. The van der Waals surface area contributed by atoms with E-state index in [2.05, 4.69) is 141 Å². The Bertz CT molecular complexity index is 2100. The van der Waals surface area contributed by atoms with Crippen LogP contribution in [-0.2, 0) is 0 Å². The third-order valence-electron chi connectivity index (χ3n) is 15.0. The summed E-state index contributed by atoms with van der Waals surface area (Å²) in [6.45, 7) is 7.38. The van der Waals surface area contributed by atoms with Gasteiger partial charge in [-0.25, -0.2) is 0 Å². The van der Waals surface area contributed by atoms with Crippen LogP contribution >= 0.6 is 23.5 Å². The van der Waals surface area contributed by atoms with Crippen LogP contribution < -0.4 is 0 Å². The number of nitrogens with zero attached hydrogens (tertiary/aromatic N) is 1. The molecule has 10 rings (SSSR count). The predicted octanol–water partition coefficient (Wildman–Crippen LogP) is 14.7. The Hall–Kier alpha value is -3.14. The molecule has 2 aliphatic heterocycles. The molecule has 1 nitrogen and oxygen atoms in total. The van der Waals surface area contributed by atoms with Crippen molar-refractivity contribution in [1.29, 1.82) is 0 Å². The number of allylic oxidation sites excluding steroid dienone is 11. The SMILES string of the molecule is Cc1c(SC2=C(C3C4=CCCC=C4Sc4ccccc43)C[C@@H](C3CCCCC3)CC2)cccc1C1=CC=CC2C1N(C1=C[C@H](C)CCC1)[C@H]1C=CC=CC21C. The molecular formula is C52H59NS2. The van der Waals surface area contributed by atoms with Gasteiger partial charge in [-0.05, 0) is 126 Å². The van der Waals surface area contributed by atoms with Gasteiger partial charge in [-0.3, -0.25) is 0 Å². The van der Waals surface area contributed by atoms with E-state index < -0.39 is 0 Å². The second-order valence-corrected chi connectivity index (χ2v) is 20.4. The van der Waals surface area contributed by atoms with Crippen LogP contribution in [0.15, 0.2) is 140 Å². The zero-order chi connectivity index (χ0) is 37.1. The number of benzene rings is 2. The highest BCUT2D eigenvalue weighted by Gasteiger charge is 2.56. The fourth-order valence-corrected chi connectivity index (χ4v) is 14.6. The second-order valence-electron chi connectivity index (χ2n) is 18.2. The Morgan fingerprint density at radius 3 is 2.58 bits per heavy atom. The molecule has 3 heteroatoms. The van der Waals surface area contributed by atoms with E-state index in [0.29, 0.717) is 29.8 Å². The van der Waals surface area contributed by atoms with E-state index in [9.17, 15) is 0 Å². The van der Waals surface area contributed by atoms with Crippen molar-refractivity contribution in [3.63, 3.8) is 0 Å². The minimum Gasteiger partial charge on any atom is -0.360 e. The highest BCUT2D eigenvalue weighted by atomic mass is 32.2. The number of rotatable bonds is 6. The average Bonchev–Trinajstić information content (AvgIpc) is 3.50. The summed E-state index contributed by atoms with van der Waals surface area (Å²) in [4.78, 5) is 9.00. The Labute approximate surface area is 340 Å². The fourth-order valence-electron chi connectivity index (χ4n) is 12.1. The topological polar surface area (TPSA) is 3.24 Å². The highest BCUT2D eigenvalue weighted by molar-refractivity contribution is 8.03. The molecule has 1 saturated carbocycles. The summed E-state index contributed by atoms with van der Waals surface area (Å²) in [5.74, 6) is 3.19. The maximum Gasteiger partial charge on any atom is 0.0623 e. The summed E-state index contributed by atoms with van der Waals surface area (Å²) in [6, 6.07) is 17.4. The molecule has 2 aromatic carbocycles. The first kappa shape index (κ1) is 36.2. The molecule has 55 heavy (non-hydrogen) atoms. The smallest absolute Gasteiger partial charge is 0.0623 e. The molecule has 8 aliphatic rings. The van der Waals surface area contributed by atoms with Crippen molar-refractivity contribution >= 4 is 29.1 Å². The van der Waals surface area contributed by atoms with Crippen LogP contribution in [0.4, 0.5) is 0 Å². The molecule has 2 heterocycles. The number of hydrogen-bond donors (Lipinski definition) is 0. The molecule has 0 N–H and O–H groups in total. The van der Waals surface area contributed by atoms with E-state index in [1.54, 1.807) is 27.3 Å². The lowest BCUT2D eigenvalue weighted by atomic mass is 9.68. The van der Waals surface area contributed by atoms with Gasteiger partial charge in [0.25, 0.3) is 0 Å². The summed E-state index contributed by atoms with van der Waals surface area (Å²) in [5.41, 5.74) is 11.0. The van der Waals surface area contributed by atoms with Gasteiger partial charge in [0.05, 0.1) is 12.1 Å². The Morgan fingerprint density at radius 2 is 1.69 bits per heavy atom. The minimum atomic E-state index is 0.0730. The number of likely N-dealkylation sites (tertiary alicyclic amines) is 1. The first-order valence-electron chi connectivity index (χ1n) is 21.9. The monoisotopic (exact) mass is 761 g/mol. The molecule has 4 unspecified atom stereocenters. The van der Waals surface area contributed by atoms with Gasteiger partial charge >= 0.3 is 0 Å². The van der Waals surface area contributed by atoms with Gasteiger partial charge in [0.2, 0.25) is 0 Å². The molecule has 0 spiro atoms. The minimum absolute atomic E-state index is 0.0730. The van der Waals surface area contributed by atoms with Crippen molar-refractivity contribution in [1.82, 2.24) is 4.90 Å². The van der Waals surface area contributed by atoms with E-state index in [0.717, 1.165) is 11.8 Å². The normalized spacial score (nSPS) is 32.9. The van der Waals surface area contributed by atoms with Crippen molar-refractivity contribution in [2.45, 2.75) is 132 Å². The van der Waals surface area contributed by atoms with Crippen LogP contribution in [0.1, 0.15) is 120 Å². The zero-order valence-electron chi connectivity index (χ0n) is 33.3. The molecule has 1 saturated heterocycles. The van der Waals surface area contributed by atoms with Crippen molar-refractivity contribution in [2.75, 3.05) is 0 Å². The van der Waals surface area contributed by atoms with Crippen LogP contribution in [-0.4, -0.2) is 17.0 Å². The molecule has 6 aliphatic carbocycles. The summed E-state index contributed by atoms with van der Waals surface area (Å²) in [7, 11) is 0. The Morgan fingerprint density at radius 1 is 0.818 bits per heavy atom.